The van der Waals surface area contributed by atoms with E-state index in [0.29, 0.717) is 11.6 Å². The maximum Gasteiger partial charge on any atom is 0.240 e. The molecule has 0 aliphatic heterocycles. The monoisotopic (exact) mass is 278 g/mol. The minimum absolute atomic E-state index is 0.0669. The molecule has 20 heavy (non-hydrogen) atoms. The lowest BCUT2D eigenvalue weighted by Crippen LogP contribution is -2.27. The molecule has 4 heteroatoms. The molecule has 0 heterocycles. The van der Waals surface area contributed by atoms with Gasteiger partial charge in [0, 0.05) is 5.92 Å². The minimum atomic E-state index is -0.199. The van der Waals surface area contributed by atoms with Gasteiger partial charge in [-0.15, -0.1) is 0 Å². The Hall–Kier alpha value is -1.50. The van der Waals surface area contributed by atoms with Crippen LogP contribution in [0.15, 0.2) is 21.8 Å². The fourth-order valence-electron chi connectivity index (χ4n) is 2.43. The maximum absolute atomic E-state index is 10.7. The van der Waals surface area contributed by atoms with E-state index in [-0.39, 0.29) is 23.8 Å². The zero-order valence-corrected chi connectivity index (χ0v) is 13.4. The van der Waals surface area contributed by atoms with Gasteiger partial charge in [-0.05, 0) is 24.2 Å². The maximum atomic E-state index is 10.7. The summed E-state index contributed by atoms with van der Waals surface area (Å²) in [5, 5.41) is 0. The van der Waals surface area contributed by atoms with Crippen molar-refractivity contribution in [2.75, 3.05) is 0 Å². The number of aliphatic imine (C=N–C) groups is 2. The highest BCUT2D eigenvalue weighted by Crippen LogP contribution is 2.31. The van der Waals surface area contributed by atoms with Crippen molar-refractivity contribution in [3.63, 3.8) is 0 Å². The molecule has 2 atom stereocenters. The fraction of sp³-hybridized carbons (Fsp3) is 0.750. The SMILES string of the molecule is CC(C)/C=C(\N=C=O)C(C(C)C)C(CC(C)C)N=C=O. The number of isocyanates is 2. The molecule has 0 amide bonds. The van der Waals surface area contributed by atoms with Crippen molar-refractivity contribution in [2.24, 2.45) is 33.7 Å². The minimum Gasteiger partial charge on any atom is -0.211 e. The fourth-order valence-corrected chi connectivity index (χ4v) is 2.43. The van der Waals surface area contributed by atoms with E-state index in [1.807, 2.05) is 33.8 Å². The molecule has 0 aliphatic carbocycles. The highest BCUT2D eigenvalue weighted by Gasteiger charge is 2.29. The van der Waals surface area contributed by atoms with Gasteiger partial charge in [0.15, 0.2) is 0 Å². The number of allylic oxidation sites excluding steroid dienone is 1. The molecular formula is C16H26N2O2. The Kier molecular flexibility index (Phi) is 8.71. The van der Waals surface area contributed by atoms with Gasteiger partial charge in [0.1, 0.15) is 0 Å². The second kappa shape index (κ2) is 9.41. The average Bonchev–Trinajstić information content (AvgIpc) is 2.27. The van der Waals surface area contributed by atoms with Crippen LogP contribution < -0.4 is 0 Å². The largest absolute Gasteiger partial charge is 0.240 e. The standard InChI is InChI=1S/C16H26N2O2/c1-11(2)7-14(17-9-19)16(13(5)6)15(18-10-20)8-12(3)4/h7,11-13,15-16H,8H2,1-6H3/b14-7-. The van der Waals surface area contributed by atoms with Gasteiger partial charge in [-0.25, -0.2) is 14.6 Å². The molecule has 112 valence electrons. The van der Waals surface area contributed by atoms with Crippen LogP contribution in [0.1, 0.15) is 48.0 Å². The molecule has 0 radical (unpaired) electrons. The van der Waals surface area contributed by atoms with E-state index in [4.69, 9.17) is 0 Å². The van der Waals surface area contributed by atoms with Crippen LogP contribution in [0.5, 0.6) is 0 Å². The molecule has 0 aromatic carbocycles. The summed E-state index contributed by atoms with van der Waals surface area (Å²) in [5.74, 6) is 0.822. The van der Waals surface area contributed by atoms with Crippen LogP contribution >= 0.6 is 0 Å². The van der Waals surface area contributed by atoms with Crippen molar-refractivity contribution in [3.05, 3.63) is 11.8 Å². The zero-order chi connectivity index (χ0) is 15.7. The number of hydrogen-bond donors (Lipinski definition) is 0. The van der Waals surface area contributed by atoms with E-state index in [1.54, 1.807) is 12.2 Å². The Morgan fingerprint density at radius 1 is 1.05 bits per heavy atom. The molecule has 0 spiro atoms. The summed E-state index contributed by atoms with van der Waals surface area (Å²) in [6.45, 7) is 12.3. The third-order valence-electron chi connectivity index (χ3n) is 3.08. The summed E-state index contributed by atoms with van der Waals surface area (Å²) >= 11 is 0. The van der Waals surface area contributed by atoms with Gasteiger partial charge >= 0.3 is 0 Å². The Bertz CT molecular complexity index is 412. The van der Waals surface area contributed by atoms with Crippen molar-refractivity contribution >= 4 is 12.2 Å². The number of rotatable bonds is 8. The molecule has 0 saturated carbocycles. The summed E-state index contributed by atoms with van der Waals surface area (Å²) in [5.41, 5.74) is 0.676. The second-order valence-corrected chi connectivity index (χ2v) is 6.23. The highest BCUT2D eigenvalue weighted by atomic mass is 16.1. The van der Waals surface area contributed by atoms with E-state index < -0.39 is 0 Å². The Morgan fingerprint density at radius 3 is 2.00 bits per heavy atom. The van der Waals surface area contributed by atoms with Crippen LogP contribution in [0.4, 0.5) is 0 Å². The van der Waals surface area contributed by atoms with Crippen LogP contribution in [-0.4, -0.2) is 18.2 Å². The van der Waals surface area contributed by atoms with Crippen LogP contribution in [-0.2, 0) is 9.59 Å². The molecule has 0 fully saturated rings. The van der Waals surface area contributed by atoms with Crippen LogP contribution in [0.2, 0.25) is 0 Å². The van der Waals surface area contributed by atoms with E-state index in [1.165, 1.54) is 0 Å². The average molecular weight is 278 g/mol. The molecule has 0 bridgehead atoms. The molecule has 0 rings (SSSR count). The highest BCUT2D eigenvalue weighted by molar-refractivity contribution is 5.38. The molecular weight excluding hydrogens is 252 g/mol. The topological polar surface area (TPSA) is 58.9 Å². The third-order valence-corrected chi connectivity index (χ3v) is 3.08. The summed E-state index contributed by atoms with van der Waals surface area (Å²) in [4.78, 5) is 29.2. The molecule has 0 aromatic heterocycles. The quantitative estimate of drug-likeness (QED) is 0.499. The van der Waals surface area contributed by atoms with Gasteiger partial charge in [-0.1, -0.05) is 47.6 Å². The molecule has 4 nitrogen and oxygen atoms in total. The number of nitrogens with zero attached hydrogens (tertiary/aromatic N) is 2. The second-order valence-electron chi connectivity index (χ2n) is 6.23. The molecule has 0 saturated heterocycles. The zero-order valence-electron chi connectivity index (χ0n) is 13.4. The van der Waals surface area contributed by atoms with E-state index in [2.05, 4.69) is 23.8 Å². The van der Waals surface area contributed by atoms with Gasteiger partial charge in [0.05, 0.1) is 11.7 Å². The van der Waals surface area contributed by atoms with Crippen molar-refractivity contribution in [1.82, 2.24) is 0 Å². The Balaban J connectivity index is 5.65. The predicted octanol–water partition coefficient (Wildman–Crippen LogP) is 3.88. The first kappa shape index (κ1) is 18.5. The van der Waals surface area contributed by atoms with Gasteiger partial charge in [0.2, 0.25) is 12.2 Å². The van der Waals surface area contributed by atoms with Crippen LogP contribution in [0.25, 0.3) is 0 Å². The Labute approximate surface area is 122 Å². The summed E-state index contributed by atoms with van der Waals surface area (Å²) in [6, 6.07) is -0.199. The van der Waals surface area contributed by atoms with Gasteiger partial charge in [-0.2, -0.15) is 4.99 Å². The van der Waals surface area contributed by atoms with E-state index in [9.17, 15) is 9.59 Å². The molecule has 2 unspecified atom stereocenters. The number of hydrogen-bond acceptors (Lipinski definition) is 4. The molecule has 0 aliphatic rings. The first-order valence-corrected chi connectivity index (χ1v) is 7.20. The van der Waals surface area contributed by atoms with Gasteiger partial charge < -0.3 is 0 Å². The first-order valence-electron chi connectivity index (χ1n) is 7.20. The van der Waals surface area contributed by atoms with Crippen molar-refractivity contribution < 1.29 is 9.59 Å². The molecule has 0 N–H and O–H groups in total. The van der Waals surface area contributed by atoms with Gasteiger partial charge in [-0.3, -0.25) is 0 Å². The van der Waals surface area contributed by atoms with Gasteiger partial charge in [0.25, 0.3) is 0 Å². The third kappa shape index (κ3) is 6.60. The summed E-state index contributed by atoms with van der Waals surface area (Å²) in [7, 11) is 0. The lowest BCUT2D eigenvalue weighted by atomic mass is 9.81. The predicted molar refractivity (Wildman–Crippen MR) is 80.7 cm³/mol. The number of carbonyl (C=O) groups excluding carboxylic acids is 2. The first-order chi connectivity index (χ1) is 9.33. The summed E-state index contributed by atoms with van der Waals surface area (Å²) in [6.07, 6.45) is 6.01. The van der Waals surface area contributed by atoms with Crippen molar-refractivity contribution in [1.29, 1.82) is 0 Å². The van der Waals surface area contributed by atoms with Crippen LogP contribution in [0.3, 0.4) is 0 Å². The molecule has 0 aromatic rings. The van der Waals surface area contributed by atoms with Crippen molar-refractivity contribution in [2.45, 2.75) is 54.0 Å². The Morgan fingerprint density at radius 2 is 1.65 bits per heavy atom. The lowest BCUT2D eigenvalue weighted by Gasteiger charge is -2.28. The summed E-state index contributed by atoms with van der Waals surface area (Å²) < 4.78 is 0. The lowest BCUT2D eigenvalue weighted by molar-refractivity contribution is 0.324. The van der Waals surface area contributed by atoms with Crippen LogP contribution in [0, 0.1) is 23.7 Å². The van der Waals surface area contributed by atoms with E-state index in [0.717, 1.165) is 6.42 Å². The van der Waals surface area contributed by atoms with Crippen molar-refractivity contribution in [3.8, 4) is 0 Å². The normalized spacial score (nSPS) is 14.9. The van der Waals surface area contributed by atoms with E-state index >= 15 is 0 Å². The smallest absolute Gasteiger partial charge is 0.211 e.